The highest BCUT2D eigenvalue weighted by Crippen LogP contribution is 2.19. The third kappa shape index (κ3) is 3.46. The molecule has 0 atom stereocenters. The van der Waals surface area contributed by atoms with Crippen LogP contribution in [-0.2, 0) is 4.74 Å². The van der Waals surface area contributed by atoms with E-state index in [9.17, 15) is 9.18 Å². The first-order chi connectivity index (χ1) is 6.99. The van der Waals surface area contributed by atoms with Crippen LogP contribution in [-0.4, -0.2) is 12.2 Å². The number of nitrogen functional groups attached to an aromatic ring is 1. The van der Waals surface area contributed by atoms with Crippen LogP contribution in [0.25, 0.3) is 0 Å². The van der Waals surface area contributed by atoms with Crippen LogP contribution in [0.3, 0.4) is 0 Å². The van der Waals surface area contributed by atoms with Gasteiger partial charge in [-0.3, -0.25) is 5.32 Å². The van der Waals surface area contributed by atoms with Crippen molar-refractivity contribution in [1.82, 2.24) is 0 Å². The molecule has 82 valence electrons. The van der Waals surface area contributed by atoms with E-state index in [1.54, 1.807) is 13.8 Å². The molecule has 0 aliphatic heterocycles. The number of rotatable bonds is 2. The van der Waals surface area contributed by atoms with Gasteiger partial charge in [0.2, 0.25) is 0 Å². The predicted octanol–water partition coefficient (Wildman–Crippen LogP) is 2.36. The Morgan fingerprint density at radius 3 is 2.73 bits per heavy atom. The van der Waals surface area contributed by atoms with Crippen molar-refractivity contribution in [2.45, 2.75) is 20.0 Å². The molecule has 4 nitrogen and oxygen atoms in total. The van der Waals surface area contributed by atoms with Crippen molar-refractivity contribution in [2.75, 3.05) is 11.1 Å². The Balaban J connectivity index is 2.68. The minimum absolute atomic E-state index is 0.163. The summed E-state index contributed by atoms with van der Waals surface area (Å²) in [6.45, 7) is 3.46. The number of benzene rings is 1. The minimum Gasteiger partial charge on any atom is -0.447 e. The lowest BCUT2D eigenvalue weighted by atomic mass is 10.2. The van der Waals surface area contributed by atoms with Gasteiger partial charge in [-0.2, -0.15) is 0 Å². The summed E-state index contributed by atoms with van der Waals surface area (Å²) in [5.41, 5.74) is 5.99. The van der Waals surface area contributed by atoms with Crippen molar-refractivity contribution in [3.8, 4) is 0 Å². The number of amides is 1. The fourth-order valence-electron chi connectivity index (χ4n) is 1.00. The Morgan fingerprint density at radius 1 is 1.53 bits per heavy atom. The Labute approximate surface area is 87.2 Å². The molecule has 0 aromatic heterocycles. The van der Waals surface area contributed by atoms with Gasteiger partial charge in [-0.25, -0.2) is 9.18 Å². The highest BCUT2D eigenvalue weighted by molar-refractivity contribution is 5.88. The van der Waals surface area contributed by atoms with E-state index in [1.807, 2.05) is 0 Å². The van der Waals surface area contributed by atoms with Crippen molar-refractivity contribution >= 4 is 17.5 Å². The number of carbonyl (C=O) groups excluding carboxylic acids is 1. The summed E-state index contributed by atoms with van der Waals surface area (Å²) < 4.78 is 17.5. The number of hydrogen-bond donors (Lipinski definition) is 2. The molecule has 0 saturated carbocycles. The van der Waals surface area contributed by atoms with E-state index in [-0.39, 0.29) is 11.8 Å². The molecule has 0 radical (unpaired) electrons. The fraction of sp³-hybridized carbons (Fsp3) is 0.300. The lowest BCUT2D eigenvalue weighted by Gasteiger charge is -2.10. The van der Waals surface area contributed by atoms with Crippen molar-refractivity contribution in [3.05, 3.63) is 24.0 Å². The van der Waals surface area contributed by atoms with Gasteiger partial charge >= 0.3 is 6.09 Å². The molecule has 0 fully saturated rings. The largest absolute Gasteiger partial charge is 0.447 e. The van der Waals surface area contributed by atoms with Gasteiger partial charge in [0, 0.05) is 0 Å². The van der Waals surface area contributed by atoms with E-state index in [1.165, 1.54) is 12.1 Å². The smallest absolute Gasteiger partial charge is 0.411 e. The molecule has 1 aromatic rings. The second kappa shape index (κ2) is 4.63. The average molecular weight is 212 g/mol. The maximum Gasteiger partial charge on any atom is 0.411 e. The van der Waals surface area contributed by atoms with Gasteiger partial charge < -0.3 is 10.5 Å². The minimum atomic E-state index is -0.608. The molecular formula is C10H13FN2O2. The first kappa shape index (κ1) is 11.3. The van der Waals surface area contributed by atoms with Gasteiger partial charge in [-0.05, 0) is 32.0 Å². The highest BCUT2D eigenvalue weighted by Gasteiger charge is 2.08. The van der Waals surface area contributed by atoms with Crippen LogP contribution in [0.4, 0.5) is 20.6 Å². The van der Waals surface area contributed by atoms with Gasteiger partial charge in [0.1, 0.15) is 5.82 Å². The van der Waals surface area contributed by atoms with E-state index >= 15 is 0 Å². The molecule has 3 N–H and O–H groups in total. The number of nitrogens with two attached hydrogens (primary N) is 1. The molecule has 0 unspecified atom stereocenters. The molecule has 0 heterocycles. The van der Waals surface area contributed by atoms with Crippen LogP contribution in [0, 0.1) is 5.82 Å². The number of anilines is 2. The molecule has 1 aromatic carbocycles. The van der Waals surface area contributed by atoms with E-state index in [2.05, 4.69) is 5.32 Å². The van der Waals surface area contributed by atoms with Crippen LogP contribution in [0.1, 0.15) is 13.8 Å². The topological polar surface area (TPSA) is 64.3 Å². The summed E-state index contributed by atoms with van der Waals surface area (Å²) in [4.78, 5) is 11.2. The lowest BCUT2D eigenvalue weighted by molar-refractivity contribution is 0.130. The average Bonchev–Trinajstić information content (AvgIpc) is 2.08. The highest BCUT2D eigenvalue weighted by atomic mass is 19.1. The zero-order valence-electron chi connectivity index (χ0n) is 8.58. The first-order valence-electron chi connectivity index (χ1n) is 4.51. The van der Waals surface area contributed by atoms with Crippen LogP contribution >= 0.6 is 0 Å². The number of ether oxygens (including phenoxy) is 1. The Kier molecular flexibility index (Phi) is 3.49. The van der Waals surface area contributed by atoms with Gasteiger partial charge in [0.25, 0.3) is 0 Å². The summed E-state index contributed by atoms with van der Waals surface area (Å²) in [6.07, 6.45) is -0.824. The maximum atomic E-state index is 12.7. The quantitative estimate of drug-likeness (QED) is 0.739. The van der Waals surface area contributed by atoms with Gasteiger partial charge in [-0.1, -0.05) is 0 Å². The Morgan fingerprint density at radius 2 is 2.20 bits per heavy atom. The third-order valence-corrected chi connectivity index (χ3v) is 1.59. The Bertz CT molecular complexity index is 366. The normalized spacial score (nSPS) is 10.1. The van der Waals surface area contributed by atoms with E-state index in [4.69, 9.17) is 10.5 Å². The molecule has 0 aliphatic rings. The first-order valence-corrected chi connectivity index (χ1v) is 4.51. The van der Waals surface area contributed by atoms with Crippen molar-refractivity contribution in [3.63, 3.8) is 0 Å². The Hall–Kier alpha value is -1.78. The summed E-state index contributed by atoms with van der Waals surface area (Å²) in [5, 5.41) is 2.42. The van der Waals surface area contributed by atoms with Gasteiger partial charge in [-0.15, -0.1) is 0 Å². The lowest BCUT2D eigenvalue weighted by Crippen LogP contribution is -2.18. The number of hydrogen-bond acceptors (Lipinski definition) is 3. The zero-order valence-corrected chi connectivity index (χ0v) is 8.58. The molecule has 15 heavy (non-hydrogen) atoms. The van der Waals surface area contributed by atoms with Crippen LogP contribution in [0.15, 0.2) is 18.2 Å². The standard InChI is InChI=1S/C10H13FN2O2/c1-6(2)15-10(14)13-9-4-3-7(11)5-8(9)12/h3-6H,12H2,1-2H3,(H,13,14). The molecule has 0 saturated heterocycles. The van der Waals surface area contributed by atoms with Gasteiger partial charge in [0.15, 0.2) is 0 Å². The molecule has 0 spiro atoms. The van der Waals surface area contributed by atoms with Crippen LogP contribution in [0.5, 0.6) is 0 Å². The van der Waals surface area contributed by atoms with E-state index in [0.717, 1.165) is 6.07 Å². The van der Waals surface area contributed by atoms with Crippen molar-refractivity contribution < 1.29 is 13.9 Å². The molecule has 0 bridgehead atoms. The van der Waals surface area contributed by atoms with Crippen molar-refractivity contribution in [2.24, 2.45) is 0 Å². The summed E-state index contributed by atoms with van der Waals surface area (Å²) in [5.74, 6) is -0.449. The summed E-state index contributed by atoms with van der Waals surface area (Å²) in [6, 6.07) is 3.72. The fourth-order valence-corrected chi connectivity index (χ4v) is 1.00. The molecule has 0 aliphatic carbocycles. The molecule has 1 rings (SSSR count). The van der Waals surface area contributed by atoms with E-state index < -0.39 is 11.9 Å². The summed E-state index contributed by atoms with van der Waals surface area (Å²) in [7, 11) is 0. The number of halogens is 1. The molecule has 1 amide bonds. The zero-order chi connectivity index (χ0) is 11.4. The monoisotopic (exact) mass is 212 g/mol. The molecule has 5 heteroatoms. The van der Waals surface area contributed by atoms with Crippen LogP contribution < -0.4 is 11.1 Å². The van der Waals surface area contributed by atoms with Gasteiger partial charge in [0.05, 0.1) is 17.5 Å². The van der Waals surface area contributed by atoms with Crippen LogP contribution in [0.2, 0.25) is 0 Å². The third-order valence-electron chi connectivity index (χ3n) is 1.59. The molecular weight excluding hydrogens is 199 g/mol. The summed E-state index contributed by atoms with van der Waals surface area (Å²) >= 11 is 0. The second-order valence-corrected chi connectivity index (χ2v) is 3.31. The van der Waals surface area contributed by atoms with Crippen molar-refractivity contribution in [1.29, 1.82) is 0 Å². The second-order valence-electron chi connectivity index (χ2n) is 3.31. The van der Waals surface area contributed by atoms with E-state index in [0.29, 0.717) is 5.69 Å². The SMILES string of the molecule is CC(C)OC(=O)Nc1ccc(F)cc1N. The predicted molar refractivity (Wildman–Crippen MR) is 56.1 cm³/mol. The number of nitrogens with one attached hydrogen (secondary N) is 1. The maximum absolute atomic E-state index is 12.7. The number of carbonyl (C=O) groups is 1.